The molecule has 4 rings (SSSR count). The van der Waals surface area contributed by atoms with Crippen LogP contribution < -0.4 is 26.0 Å². The first-order valence-corrected chi connectivity index (χ1v) is 16.1. The predicted molar refractivity (Wildman–Crippen MR) is 180 cm³/mol. The molecule has 256 valence electrons. The maximum atomic E-state index is 13.9. The van der Waals surface area contributed by atoms with Gasteiger partial charge in [-0.05, 0) is 42.2 Å². The first-order valence-electron chi connectivity index (χ1n) is 16.1. The van der Waals surface area contributed by atoms with Gasteiger partial charge in [0.2, 0.25) is 17.7 Å². The van der Waals surface area contributed by atoms with E-state index in [9.17, 15) is 24.3 Å². The van der Waals surface area contributed by atoms with Crippen molar-refractivity contribution in [1.29, 1.82) is 0 Å². The third-order valence-electron chi connectivity index (χ3n) is 8.06. The molecule has 0 spiro atoms. The fourth-order valence-electron chi connectivity index (χ4n) is 5.28. The number of ether oxygens (including phenoxy) is 2. The van der Waals surface area contributed by atoms with Crippen molar-refractivity contribution in [1.82, 2.24) is 26.2 Å². The second kappa shape index (κ2) is 18.5. The van der Waals surface area contributed by atoms with Gasteiger partial charge in [-0.15, -0.1) is 0 Å². The highest BCUT2D eigenvalue weighted by Gasteiger charge is 2.32. The summed E-state index contributed by atoms with van der Waals surface area (Å²) in [6, 6.07) is 22.5. The molecule has 0 bridgehead atoms. The monoisotopic (exact) mass is 659 g/mol. The largest absolute Gasteiger partial charge is 0.497 e. The van der Waals surface area contributed by atoms with Crippen molar-refractivity contribution in [3.63, 3.8) is 0 Å². The van der Waals surface area contributed by atoms with Crippen molar-refractivity contribution in [2.75, 3.05) is 40.0 Å². The number of amides is 4. The van der Waals surface area contributed by atoms with Crippen LogP contribution in [0, 0.1) is 0 Å². The van der Waals surface area contributed by atoms with E-state index in [0.717, 1.165) is 16.7 Å². The van der Waals surface area contributed by atoms with Crippen LogP contribution in [0.2, 0.25) is 0 Å². The number of aliphatic hydroxyl groups excluding tert-OH is 1. The molecule has 0 radical (unpaired) electrons. The first kappa shape index (κ1) is 36.1. The Kier molecular flexibility index (Phi) is 13.9. The fourth-order valence-corrected chi connectivity index (χ4v) is 5.28. The molecule has 5 N–H and O–H groups in total. The fraction of sp³-hybridized carbons (Fsp3) is 0.389. The lowest BCUT2D eigenvalue weighted by Crippen LogP contribution is -2.58. The molecule has 4 unspecified atom stereocenters. The lowest BCUT2D eigenvalue weighted by atomic mass is 9.98. The molecule has 3 aromatic rings. The van der Waals surface area contributed by atoms with Gasteiger partial charge >= 0.3 is 0 Å². The van der Waals surface area contributed by atoms with Gasteiger partial charge in [-0.3, -0.25) is 24.1 Å². The number of methoxy groups -OCH3 is 1. The summed E-state index contributed by atoms with van der Waals surface area (Å²) in [4.78, 5) is 55.0. The lowest BCUT2D eigenvalue weighted by molar-refractivity contribution is -0.134. The number of carbonyl (C=O) groups is 4. The van der Waals surface area contributed by atoms with Crippen LogP contribution in [0.3, 0.4) is 0 Å². The molecule has 48 heavy (non-hydrogen) atoms. The maximum Gasteiger partial charge on any atom is 0.251 e. The summed E-state index contributed by atoms with van der Waals surface area (Å²) in [5.74, 6) is -1.48. The molecular weight excluding hydrogens is 614 g/mol. The number of nitrogens with zero attached hydrogens (tertiary/aromatic N) is 1. The second-order valence-electron chi connectivity index (χ2n) is 11.7. The van der Waals surface area contributed by atoms with Crippen LogP contribution in [-0.4, -0.2) is 97.8 Å². The molecular formula is C36H45N5O7. The molecule has 1 heterocycles. The van der Waals surface area contributed by atoms with Crippen molar-refractivity contribution in [3.05, 3.63) is 102 Å². The number of aliphatic hydroxyl groups is 1. The standard InChI is InChI=1S/C36H45N5O7/c1-25(38-32(42)24-41-17-19-48-20-18-41)34(44)40-31(22-27-13-15-29(47-2)16-14-27)35(45)39-30(21-26-9-5-3-6-10-26)33(43)36(46)37-23-28-11-7-4-8-12-28/h3-16,25,30-31,33,43H,17-24H2,1-2H3,(H,37,46)(H,38,42)(H,39,45)(H,40,44). The van der Waals surface area contributed by atoms with Gasteiger partial charge in [0, 0.05) is 26.1 Å². The van der Waals surface area contributed by atoms with Gasteiger partial charge in [0.1, 0.15) is 17.8 Å². The minimum absolute atomic E-state index is 0.102. The Labute approximate surface area is 281 Å². The molecule has 12 nitrogen and oxygen atoms in total. The molecule has 0 aromatic heterocycles. The molecule has 3 aromatic carbocycles. The lowest BCUT2D eigenvalue weighted by Gasteiger charge is -2.28. The number of morpholine rings is 1. The van der Waals surface area contributed by atoms with Crippen LogP contribution in [0.5, 0.6) is 5.75 Å². The summed E-state index contributed by atoms with van der Waals surface area (Å²) < 4.78 is 10.6. The van der Waals surface area contributed by atoms with E-state index >= 15 is 0 Å². The minimum atomic E-state index is -1.59. The summed E-state index contributed by atoms with van der Waals surface area (Å²) in [6.45, 7) is 4.21. The van der Waals surface area contributed by atoms with Crippen molar-refractivity contribution in [2.45, 2.75) is 50.5 Å². The van der Waals surface area contributed by atoms with Gasteiger partial charge in [0.25, 0.3) is 5.91 Å². The van der Waals surface area contributed by atoms with Gasteiger partial charge in [0.15, 0.2) is 6.10 Å². The molecule has 0 aliphatic carbocycles. The average Bonchev–Trinajstić information content (AvgIpc) is 3.11. The van der Waals surface area contributed by atoms with E-state index in [1.54, 1.807) is 38.3 Å². The molecule has 12 heteroatoms. The van der Waals surface area contributed by atoms with Crippen LogP contribution in [0.15, 0.2) is 84.9 Å². The average molecular weight is 660 g/mol. The van der Waals surface area contributed by atoms with Crippen LogP contribution in [-0.2, 0) is 43.3 Å². The van der Waals surface area contributed by atoms with E-state index in [-0.39, 0.29) is 31.8 Å². The van der Waals surface area contributed by atoms with Gasteiger partial charge < -0.3 is 35.8 Å². The van der Waals surface area contributed by atoms with E-state index in [0.29, 0.717) is 32.1 Å². The van der Waals surface area contributed by atoms with Gasteiger partial charge in [-0.2, -0.15) is 0 Å². The third kappa shape index (κ3) is 11.5. The normalized spacial score (nSPS) is 15.6. The summed E-state index contributed by atoms with van der Waals surface area (Å²) in [5.41, 5.74) is 2.39. The first-order chi connectivity index (χ1) is 23.2. The molecule has 1 saturated heterocycles. The van der Waals surface area contributed by atoms with Gasteiger partial charge in [0.05, 0.1) is 32.9 Å². The third-order valence-corrected chi connectivity index (χ3v) is 8.06. The zero-order chi connectivity index (χ0) is 34.3. The Morgan fingerprint density at radius 2 is 1.38 bits per heavy atom. The molecule has 4 amide bonds. The summed E-state index contributed by atoms with van der Waals surface area (Å²) in [7, 11) is 1.55. The SMILES string of the molecule is COc1ccc(CC(NC(=O)C(C)NC(=O)CN2CCOCC2)C(=O)NC(Cc2ccccc2)C(O)C(=O)NCc2ccccc2)cc1. The van der Waals surface area contributed by atoms with E-state index in [1.807, 2.05) is 65.6 Å². The number of rotatable bonds is 16. The van der Waals surface area contributed by atoms with Gasteiger partial charge in [-0.25, -0.2) is 0 Å². The topological polar surface area (TPSA) is 158 Å². The molecule has 1 fully saturated rings. The highest BCUT2D eigenvalue weighted by atomic mass is 16.5. The van der Waals surface area contributed by atoms with Crippen LogP contribution >= 0.6 is 0 Å². The number of hydrogen-bond donors (Lipinski definition) is 5. The molecule has 1 aliphatic heterocycles. The number of benzene rings is 3. The van der Waals surface area contributed by atoms with Crippen molar-refractivity contribution in [3.8, 4) is 5.75 Å². The molecule has 4 atom stereocenters. The zero-order valence-corrected chi connectivity index (χ0v) is 27.4. The maximum absolute atomic E-state index is 13.9. The van der Waals surface area contributed by atoms with Crippen LogP contribution in [0.1, 0.15) is 23.6 Å². The van der Waals surface area contributed by atoms with E-state index in [4.69, 9.17) is 9.47 Å². The smallest absolute Gasteiger partial charge is 0.251 e. The summed E-state index contributed by atoms with van der Waals surface area (Å²) in [6.07, 6.45) is -1.33. The number of nitrogens with one attached hydrogen (secondary N) is 4. The van der Waals surface area contributed by atoms with E-state index in [2.05, 4.69) is 21.3 Å². The quantitative estimate of drug-likeness (QED) is 0.152. The molecule has 1 aliphatic rings. The summed E-state index contributed by atoms with van der Waals surface area (Å²) >= 11 is 0. The Morgan fingerprint density at radius 3 is 2.00 bits per heavy atom. The number of hydrogen-bond acceptors (Lipinski definition) is 8. The highest BCUT2D eigenvalue weighted by molar-refractivity contribution is 5.92. The van der Waals surface area contributed by atoms with Crippen LogP contribution in [0.25, 0.3) is 0 Å². The number of carbonyl (C=O) groups excluding carboxylic acids is 4. The summed E-state index contributed by atoms with van der Waals surface area (Å²) in [5, 5.41) is 22.3. The Morgan fingerprint density at radius 1 is 0.771 bits per heavy atom. The second-order valence-corrected chi connectivity index (χ2v) is 11.7. The van der Waals surface area contributed by atoms with Crippen molar-refractivity contribution in [2.24, 2.45) is 0 Å². The van der Waals surface area contributed by atoms with Crippen LogP contribution in [0.4, 0.5) is 0 Å². The zero-order valence-electron chi connectivity index (χ0n) is 27.4. The van der Waals surface area contributed by atoms with E-state index < -0.39 is 42.0 Å². The van der Waals surface area contributed by atoms with Gasteiger partial charge in [-0.1, -0.05) is 72.8 Å². The van der Waals surface area contributed by atoms with Crippen molar-refractivity contribution >= 4 is 23.6 Å². The Hall–Kier alpha value is -4.78. The van der Waals surface area contributed by atoms with Crippen molar-refractivity contribution < 1.29 is 33.8 Å². The Bertz CT molecular complexity index is 1470. The highest BCUT2D eigenvalue weighted by Crippen LogP contribution is 2.14. The molecule has 0 saturated carbocycles. The predicted octanol–water partition coefficient (Wildman–Crippen LogP) is 0.964. The minimum Gasteiger partial charge on any atom is -0.497 e. The Balaban J connectivity index is 1.48. The van der Waals surface area contributed by atoms with E-state index in [1.165, 1.54) is 0 Å².